The van der Waals surface area contributed by atoms with E-state index in [-0.39, 0.29) is 22.3 Å². The Morgan fingerprint density at radius 2 is 1.94 bits per heavy atom. The second-order valence-corrected chi connectivity index (χ2v) is 9.42. The van der Waals surface area contributed by atoms with Gasteiger partial charge in [-0.15, -0.1) is 14.6 Å². The molecule has 176 valence electrons. The zero-order chi connectivity index (χ0) is 24.3. The Morgan fingerprint density at radius 1 is 1.18 bits per heavy atom. The third-order valence-electron chi connectivity index (χ3n) is 4.34. The van der Waals surface area contributed by atoms with Crippen molar-refractivity contribution in [2.24, 2.45) is 10.2 Å². The molecule has 0 aliphatic rings. The second kappa shape index (κ2) is 9.94. The van der Waals surface area contributed by atoms with Crippen molar-refractivity contribution < 1.29 is 27.6 Å². The third kappa shape index (κ3) is 5.12. The van der Waals surface area contributed by atoms with Crippen LogP contribution in [0.4, 0.5) is 16.6 Å². The van der Waals surface area contributed by atoms with Crippen LogP contribution < -0.4 is 5.73 Å². The molecular formula is C18H15N7O6S3. The molecule has 0 aliphatic heterocycles. The Kier molecular flexibility index (Phi) is 6.98. The highest BCUT2D eigenvalue weighted by Crippen LogP contribution is 2.35. The van der Waals surface area contributed by atoms with Gasteiger partial charge in [-0.2, -0.15) is 22.9 Å². The minimum absolute atomic E-state index is 0.0413. The monoisotopic (exact) mass is 521 g/mol. The van der Waals surface area contributed by atoms with Gasteiger partial charge in [0.25, 0.3) is 10.1 Å². The summed E-state index contributed by atoms with van der Waals surface area (Å²) in [4.78, 5) is 4.18. The molecule has 0 saturated carbocycles. The van der Waals surface area contributed by atoms with Crippen LogP contribution in [0.15, 0.2) is 68.6 Å². The number of hydrogen-bond donors (Lipinski definition) is 3. The third-order valence-corrected chi connectivity index (χ3v) is 6.42. The molecule has 4 rings (SSSR count). The molecule has 4 N–H and O–H groups in total. The van der Waals surface area contributed by atoms with Gasteiger partial charge in [-0.3, -0.25) is 4.55 Å². The summed E-state index contributed by atoms with van der Waals surface area (Å²) in [7, 11) is -4.64. The van der Waals surface area contributed by atoms with Crippen LogP contribution in [0.25, 0.3) is 17.1 Å². The molecule has 0 spiro atoms. The Bertz CT molecular complexity index is 1450. The van der Waals surface area contributed by atoms with Gasteiger partial charge in [0.2, 0.25) is 5.13 Å². The summed E-state index contributed by atoms with van der Waals surface area (Å²) < 4.78 is 43.2. The van der Waals surface area contributed by atoms with E-state index in [9.17, 15) is 13.0 Å². The highest BCUT2D eigenvalue weighted by Gasteiger charge is 2.23. The molecule has 13 nitrogen and oxygen atoms in total. The van der Waals surface area contributed by atoms with Gasteiger partial charge in [0.15, 0.2) is 17.3 Å². The lowest BCUT2D eigenvalue weighted by Gasteiger charge is -2.10. The van der Waals surface area contributed by atoms with Gasteiger partial charge in [-0.25, -0.2) is 9.94 Å². The summed E-state index contributed by atoms with van der Waals surface area (Å²) in [5.74, 6) is 0.460. The Labute approximate surface area is 200 Å². The average Bonchev–Trinajstić information content (AvgIpc) is 3.40. The minimum atomic E-state index is -4.64. The van der Waals surface area contributed by atoms with Crippen molar-refractivity contribution in [1.82, 2.24) is 19.1 Å². The first-order valence-corrected chi connectivity index (χ1v) is 12.2. The fourth-order valence-corrected chi connectivity index (χ4v) is 4.45. The first-order chi connectivity index (χ1) is 16.3. The molecule has 0 bridgehead atoms. The van der Waals surface area contributed by atoms with Crippen LogP contribution in [0.3, 0.4) is 0 Å². The molecule has 0 aliphatic carbocycles. The summed E-state index contributed by atoms with van der Waals surface area (Å²) in [6.45, 7) is 1.60. The van der Waals surface area contributed by atoms with Crippen LogP contribution in [0, 0.1) is 6.92 Å². The smallest absolute Gasteiger partial charge is 0.296 e. The molecule has 2 aromatic carbocycles. The van der Waals surface area contributed by atoms with Gasteiger partial charge in [0.1, 0.15) is 4.90 Å². The van der Waals surface area contributed by atoms with Crippen molar-refractivity contribution in [1.29, 1.82) is 0 Å². The van der Waals surface area contributed by atoms with E-state index in [1.807, 2.05) is 30.3 Å². The molecule has 0 amide bonds. The molecule has 2 aromatic heterocycles. The van der Waals surface area contributed by atoms with Gasteiger partial charge >= 0.3 is 0 Å². The molecule has 4 aromatic rings. The van der Waals surface area contributed by atoms with E-state index in [4.69, 9.17) is 11.0 Å². The summed E-state index contributed by atoms with van der Waals surface area (Å²) in [6.07, 6.45) is 0. The van der Waals surface area contributed by atoms with Crippen LogP contribution >= 0.6 is 23.6 Å². The number of nitrogens with two attached hydrogens (primary N) is 1. The van der Waals surface area contributed by atoms with Gasteiger partial charge in [0, 0.05) is 22.0 Å². The predicted octanol–water partition coefficient (Wildman–Crippen LogP) is 4.37. The van der Waals surface area contributed by atoms with Gasteiger partial charge in [0.05, 0.1) is 23.4 Å². The Balaban J connectivity index is 1.70. The van der Waals surface area contributed by atoms with Crippen molar-refractivity contribution in [3.63, 3.8) is 0 Å². The van der Waals surface area contributed by atoms with E-state index in [0.29, 0.717) is 28.5 Å². The summed E-state index contributed by atoms with van der Waals surface area (Å²) in [5, 5.41) is 24.6. The van der Waals surface area contributed by atoms with E-state index in [0.717, 1.165) is 27.8 Å². The quantitative estimate of drug-likeness (QED) is 0.0981. The number of benzene rings is 2. The van der Waals surface area contributed by atoms with E-state index in [1.165, 1.54) is 12.1 Å². The number of hydrogen-bond acceptors (Lipinski definition) is 13. The van der Waals surface area contributed by atoms with E-state index < -0.39 is 15.0 Å². The average molecular weight is 522 g/mol. The normalized spacial score (nSPS) is 12.0. The molecule has 2 heterocycles. The van der Waals surface area contributed by atoms with Gasteiger partial charge < -0.3 is 5.73 Å². The van der Waals surface area contributed by atoms with Crippen molar-refractivity contribution in [2.75, 3.05) is 5.73 Å². The topological polar surface area (TPSA) is 187 Å². The van der Waals surface area contributed by atoms with Crippen LogP contribution in [-0.2, 0) is 19.5 Å². The lowest BCUT2D eigenvalue weighted by Crippen LogP contribution is -2.09. The van der Waals surface area contributed by atoms with Gasteiger partial charge in [-0.05, 0) is 25.1 Å². The maximum absolute atomic E-state index is 11.9. The molecule has 0 atom stereocenters. The Morgan fingerprint density at radius 3 is 2.65 bits per heavy atom. The zero-order valence-electron chi connectivity index (χ0n) is 17.1. The number of nitrogen functional groups attached to an aromatic ring is 1. The molecule has 0 unspecified atom stereocenters. The number of anilines is 1. The molecule has 0 fully saturated rings. The number of azo groups is 1. The second-order valence-electron chi connectivity index (χ2n) is 6.53. The SMILES string of the molecule is Cc1nn(-c2cc(SOOO)ccc2S(=O)(=O)O)c(N)c1N=Nc1nc(-c2ccccc2)ns1. The highest BCUT2D eigenvalue weighted by atomic mass is 32.2. The van der Waals surface area contributed by atoms with Crippen LogP contribution in [0.5, 0.6) is 0 Å². The zero-order valence-corrected chi connectivity index (χ0v) is 19.6. The predicted molar refractivity (Wildman–Crippen MR) is 123 cm³/mol. The maximum Gasteiger partial charge on any atom is 0.296 e. The number of aromatic nitrogens is 4. The number of rotatable bonds is 8. The summed E-state index contributed by atoms with van der Waals surface area (Å²) in [6, 6.07) is 13.1. The van der Waals surface area contributed by atoms with Gasteiger partial charge in [-0.1, -0.05) is 35.4 Å². The standard InChI is InChI=1S/C18H15N7O6S3/c1-10-15(21-22-18-20-17(24-32-18)11-5-3-2-4-6-11)16(19)25(23-10)13-9-12(33-31-30-26)7-8-14(13)34(27,28)29/h2-9,26H,19H2,1H3,(H,27,28,29). The Hall–Kier alpha value is -3.25. The fourth-order valence-electron chi connectivity index (χ4n) is 2.88. The lowest BCUT2D eigenvalue weighted by atomic mass is 10.2. The van der Waals surface area contributed by atoms with E-state index >= 15 is 0 Å². The largest absolute Gasteiger partial charge is 0.382 e. The van der Waals surface area contributed by atoms with Crippen LogP contribution in [-0.4, -0.2) is 37.4 Å². The first-order valence-electron chi connectivity index (χ1n) is 9.20. The maximum atomic E-state index is 11.9. The first kappa shape index (κ1) is 23.9. The summed E-state index contributed by atoms with van der Waals surface area (Å²) in [5.41, 5.74) is 7.45. The molecule has 34 heavy (non-hydrogen) atoms. The fraction of sp³-hybridized carbons (Fsp3) is 0.0556. The minimum Gasteiger partial charge on any atom is -0.382 e. The molecule has 0 radical (unpaired) electrons. The number of nitrogens with zero attached hydrogens (tertiary/aromatic N) is 6. The van der Waals surface area contributed by atoms with Crippen molar-refractivity contribution in [2.45, 2.75) is 16.7 Å². The van der Waals surface area contributed by atoms with Crippen LogP contribution in [0.2, 0.25) is 0 Å². The number of aryl methyl sites for hydroxylation is 1. The van der Waals surface area contributed by atoms with Crippen LogP contribution in [0.1, 0.15) is 5.69 Å². The molecular weight excluding hydrogens is 506 g/mol. The van der Waals surface area contributed by atoms with E-state index in [1.54, 1.807) is 6.92 Å². The molecule has 0 saturated heterocycles. The summed E-state index contributed by atoms with van der Waals surface area (Å²) >= 11 is 1.63. The van der Waals surface area contributed by atoms with E-state index in [2.05, 4.69) is 34.1 Å². The van der Waals surface area contributed by atoms with Crippen molar-refractivity contribution in [3.05, 3.63) is 54.2 Å². The highest BCUT2D eigenvalue weighted by molar-refractivity contribution is 7.94. The molecule has 16 heteroatoms. The lowest BCUT2D eigenvalue weighted by molar-refractivity contribution is -0.432. The van der Waals surface area contributed by atoms with Crippen molar-refractivity contribution >= 4 is 50.3 Å². The van der Waals surface area contributed by atoms with Crippen molar-refractivity contribution in [3.8, 4) is 17.1 Å².